The van der Waals surface area contributed by atoms with Crippen molar-refractivity contribution in [1.29, 1.82) is 0 Å². The van der Waals surface area contributed by atoms with E-state index in [1.165, 1.54) is 18.2 Å². The van der Waals surface area contributed by atoms with E-state index < -0.39 is 17.0 Å². The number of anilines is 1. The number of carbonyl (C=O) groups is 1. The van der Waals surface area contributed by atoms with Crippen LogP contribution in [0.2, 0.25) is 0 Å². The Hall–Kier alpha value is -2.45. The Morgan fingerprint density at radius 3 is 2.68 bits per heavy atom. The molecule has 34 heavy (non-hydrogen) atoms. The molecular formula is C26H33FN2O4S. The number of fused-ring (bicyclic) bond motifs is 3. The quantitative estimate of drug-likeness (QED) is 0.489. The highest BCUT2D eigenvalue weighted by Crippen LogP contribution is 2.55. The first-order chi connectivity index (χ1) is 16.1. The summed E-state index contributed by atoms with van der Waals surface area (Å²) in [6, 6.07) is 7.77. The van der Waals surface area contributed by atoms with Crippen LogP contribution < -0.4 is 9.46 Å². The van der Waals surface area contributed by atoms with Crippen LogP contribution in [0.3, 0.4) is 0 Å². The predicted molar refractivity (Wildman–Crippen MR) is 131 cm³/mol. The molecule has 2 N–H and O–H groups in total. The van der Waals surface area contributed by atoms with Crippen molar-refractivity contribution in [3.8, 4) is 5.75 Å². The smallest absolute Gasteiger partial charge is 0.341 e. The minimum Gasteiger partial charge on any atom is -0.492 e. The number of hydrogen-bond acceptors (Lipinski definition) is 4. The average Bonchev–Trinajstić information content (AvgIpc) is 3.57. The maximum atomic E-state index is 14.2. The number of carboxylic acid groups (broad SMARTS) is 1. The fraction of sp³-hybridized carbons (Fsp3) is 0.500. The van der Waals surface area contributed by atoms with E-state index in [0.29, 0.717) is 41.1 Å². The largest absolute Gasteiger partial charge is 0.492 e. The zero-order valence-corrected chi connectivity index (χ0v) is 21.0. The van der Waals surface area contributed by atoms with Gasteiger partial charge in [-0.25, -0.2) is 13.4 Å². The molecule has 1 fully saturated rings. The summed E-state index contributed by atoms with van der Waals surface area (Å²) in [5.74, 6) is -0.341. The molecule has 2 aromatic rings. The lowest BCUT2D eigenvalue weighted by molar-refractivity contribution is 0.0692. The maximum Gasteiger partial charge on any atom is 0.341 e. The van der Waals surface area contributed by atoms with Crippen LogP contribution in [0.1, 0.15) is 61.5 Å². The van der Waals surface area contributed by atoms with E-state index in [1.54, 1.807) is 6.07 Å². The molecule has 0 bridgehead atoms. The van der Waals surface area contributed by atoms with Crippen LogP contribution in [0.4, 0.5) is 10.1 Å². The number of rotatable bonds is 10. The van der Waals surface area contributed by atoms with Gasteiger partial charge in [-0.05, 0) is 72.7 Å². The first kappa shape index (κ1) is 24.7. The molecule has 2 aromatic carbocycles. The Morgan fingerprint density at radius 2 is 2.00 bits per heavy atom. The van der Waals surface area contributed by atoms with Crippen molar-refractivity contribution < 1.29 is 23.2 Å². The number of hydrogen-bond donors (Lipinski definition) is 2. The summed E-state index contributed by atoms with van der Waals surface area (Å²) in [4.78, 5) is 14.9. The van der Waals surface area contributed by atoms with Gasteiger partial charge in [0.25, 0.3) is 0 Å². The van der Waals surface area contributed by atoms with Crippen molar-refractivity contribution in [2.24, 2.45) is 11.3 Å². The molecule has 6 nitrogen and oxygen atoms in total. The van der Waals surface area contributed by atoms with Gasteiger partial charge in [-0.2, -0.15) is 0 Å². The maximum absolute atomic E-state index is 14.2. The van der Waals surface area contributed by atoms with Crippen molar-refractivity contribution in [3.63, 3.8) is 0 Å². The van der Waals surface area contributed by atoms with Crippen molar-refractivity contribution in [2.75, 3.05) is 31.0 Å². The Labute approximate surface area is 203 Å². The standard InChI is InChI=1S/C26H33FN2O4S/c1-5-29(6-2)15-26(3,4)13-16-11-18(27)7-10-22(16)34(32)28-21-9-8-19-20-12-17(20)14-33-24(19)23(21)25(30)31/h7-11,17,20,28H,5-6,12-15H2,1-4H3,(H,30,31)/t17-,20-,34?/m0/s1. The summed E-state index contributed by atoms with van der Waals surface area (Å²) in [7, 11) is -1.78. The fourth-order valence-electron chi connectivity index (χ4n) is 4.99. The zero-order valence-electron chi connectivity index (χ0n) is 20.2. The highest BCUT2D eigenvalue weighted by molar-refractivity contribution is 7.86. The molecule has 2 aliphatic rings. The van der Waals surface area contributed by atoms with Gasteiger partial charge in [0, 0.05) is 12.5 Å². The zero-order chi connectivity index (χ0) is 24.6. The first-order valence-corrected chi connectivity index (χ1v) is 13.0. The van der Waals surface area contributed by atoms with E-state index in [-0.39, 0.29) is 22.5 Å². The molecule has 1 aliphatic heterocycles. The number of halogens is 1. The summed E-state index contributed by atoms with van der Waals surface area (Å²) in [5, 5.41) is 9.91. The third-order valence-electron chi connectivity index (χ3n) is 6.81. The SMILES string of the molecule is CCN(CC)CC(C)(C)Cc1cc(F)ccc1S(=O)Nc1ccc2c(c1C(=O)O)OC[C@@H]1C[C@H]21. The van der Waals surface area contributed by atoms with Crippen molar-refractivity contribution in [1.82, 2.24) is 4.90 Å². The number of aromatic carboxylic acids is 1. The number of carboxylic acids is 1. The third kappa shape index (κ3) is 5.13. The molecule has 1 saturated carbocycles. The Balaban J connectivity index is 1.62. The average molecular weight is 489 g/mol. The molecule has 3 atom stereocenters. The second-order valence-corrected chi connectivity index (χ2v) is 11.2. The minimum absolute atomic E-state index is 0.00160. The van der Waals surface area contributed by atoms with Gasteiger partial charge in [0.2, 0.25) is 0 Å². The molecule has 184 valence electrons. The van der Waals surface area contributed by atoms with Crippen LogP contribution in [0.5, 0.6) is 5.75 Å². The van der Waals surface area contributed by atoms with E-state index in [9.17, 15) is 18.5 Å². The molecule has 0 amide bonds. The lowest BCUT2D eigenvalue weighted by atomic mass is 9.85. The summed E-state index contributed by atoms with van der Waals surface area (Å²) in [5.41, 5.74) is 1.62. The van der Waals surface area contributed by atoms with Gasteiger partial charge in [-0.3, -0.25) is 0 Å². The van der Waals surface area contributed by atoms with Crippen LogP contribution in [0, 0.1) is 17.2 Å². The molecule has 1 aliphatic carbocycles. The van der Waals surface area contributed by atoms with E-state index in [1.807, 2.05) is 6.07 Å². The molecule has 0 spiro atoms. The second kappa shape index (κ2) is 9.66. The number of ether oxygens (including phenoxy) is 1. The molecule has 1 unspecified atom stereocenters. The van der Waals surface area contributed by atoms with Crippen molar-refractivity contribution in [2.45, 2.75) is 51.3 Å². The Kier molecular flexibility index (Phi) is 7.01. The molecule has 1 heterocycles. The normalized spacial score (nSPS) is 19.7. The van der Waals surface area contributed by atoms with Gasteiger partial charge in [-0.1, -0.05) is 33.8 Å². The molecule has 8 heteroatoms. The van der Waals surface area contributed by atoms with Gasteiger partial charge in [0.05, 0.1) is 17.2 Å². The van der Waals surface area contributed by atoms with E-state index >= 15 is 0 Å². The summed E-state index contributed by atoms with van der Waals surface area (Å²) < 4.78 is 36.3. The highest BCUT2D eigenvalue weighted by Gasteiger charge is 2.45. The number of benzene rings is 2. The van der Waals surface area contributed by atoms with E-state index in [2.05, 4.69) is 37.3 Å². The third-order valence-corrected chi connectivity index (χ3v) is 8.01. The van der Waals surface area contributed by atoms with Crippen LogP contribution >= 0.6 is 0 Å². The summed E-state index contributed by atoms with van der Waals surface area (Å²) in [6.07, 6.45) is 1.54. The fourth-order valence-corrected chi connectivity index (χ4v) is 6.03. The second-order valence-electron chi connectivity index (χ2n) is 10.1. The molecule has 4 rings (SSSR count). The lowest BCUT2D eigenvalue weighted by Crippen LogP contribution is -2.35. The Bertz CT molecular complexity index is 1120. The molecule has 0 saturated heterocycles. The number of nitrogens with zero attached hydrogens (tertiary/aromatic N) is 1. The summed E-state index contributed by atoms with van der Waals surface area (Å²) in [6.45, 7) is 11.6. The molecular weight excluding hydrogens is 455 g/mol. The van der Waals surface area contributed by atoms with Crippen molar-refractivity contribution in [3.05, 3.63) is 52.8 Å². The van der Waals surface area contributed by atoms with E-state index in [0.717, 1.165) is 31.6 Å². The topological polar surface area (TPSA) is 78.9 Å². The van der Waals surface area contributed by atoms with Gasteiger partial charge in [0.1, 0.15) is 17.1 Å². The van der Waals surface area contributed by atoms with Crippen LogP contribution in [0.25, 0.3) is 0 Å². The van der Waals surface area contributed by atoms with Gasteiger partial charge in [-0.15, -0.1) is 0 Å². The summed E-state index contributed by atoms with van der Waals surface area (Å²) >= 11 is 0. The van der Waals surface area contributed by atoms with Gasteiger partial charge < -0.3 is 19.5 Å². The molecule has 0 aromatic heterocycles. The van der Waals surface area contributed by atoms with Gasteiger partial charge in [0.15, 0.2) is 11.0 Å². The van der Waals surface area contributed by atoms with Gasteiger partial charge >= 0.3 is 5.97 Å². The van der Waals surface area contributed by atoms with E-state index in [4.69, 9.17) is 4.74 Å². The minimum atomic E-state index is -1.78. The van der Waals surface area contributed by atoms with Crippen LogP contribution in [-0.2, 0) is 17.4 Å². The first-order valence-electron chi connectivity index (χ1n) is 11.9. The monoisotopic (exact) mass is 488 g/mol. The molecule has 0 radical (unpaired) electrons. The predicted octanol–water partition coefficient (Wildman–Crippen LogP) is 5.07. The number of nitrogens with one attached hydrogen (secondary N) is 1. The highest BCUT2D eigenvalue weighted by atomic mass is 32.2. The Morgan fingerprint density at radius 1 is 1.26 bits per heavy atom. The van der Waals surface area contributed by atoms with Crippen LogP contribution in [-0.4, -0.2) is 46.4 Å². The lowest BCUT2D eigenvalue weighted by Gasteiger charge is -2.32. The van der Waals surface area contributed by atoms with Crippen LogP contribution in [0.15, 0.2) is 35.2 Å². The van der Waals surface area contributed by atoms with Crippen molar-refractivity contribution >= 4 is 22.6 Å².